The largest absolute Gasteiger partial charge is 0.480 e. The molecule has 3 atom stereocenters. The molecule has 1 heterocycles. The Hall–Kier alpha value is -2.65. The van der Waals surface area contributed by atoms with Gasteiger partial charge >= 0.3 is 12.0 Å². The van der Waals surface area contributed by atoms with Gasteiger partial charge in [0.2, 0.25) is 11.8 Å². The Morgan fingerprint density at radius 3 is 2.61 bits per heavy atom. The van der Waals surface area contributed by atoms with E-state index in [0.29, 0.717) is 6.42 Å². The molecule has 2 rings (SSSR count). The quantitative estimate of drug-likeness (QED) is 0.515. The number of carboxylic acid groups (broad SMARTS) is 1. The zero-order chi connectivity index (χ0) is 21.1. The molecule has 10 heteroatoms. The molecule has 0 bridgehead atoms. The first-order valence-corrected chi connectivity index (χ1v) is 9.51. The van der Waals surface area contributed by atoms with Crippen molar-refractivity contribution in [3.8, 4) is 0 Å². The van der Waals surface area contributed by atoms with Crippen molar-refractivity contribution in [1.82, 2.24) is 20.4 Å². The normalized spacial score (nSPS) is 25.4. The number of nitrogens with one attached hydrogen (secondary N) is 2. The first-order valence-electron chi connectivity index (χ1n) is 9.51. The second-order valence-corrected chi connectivity index (χ2v) is 7.52. The van der Waals surface area contributed by atoms with E-state index >= 15 is 0 Å². The van der Waals surface area contributed by atoms with Gasteiger partial charge in [-0.05, 0) is 25.7 Å². The molecule has 0 aromatic carbocycles. The predicted octanol–water partition coefficient (Wildman–Crippen LogP) is -0.0751. The summed E-state index contributed by atoms with van der Waals surface area (Å²) in [7, 11) is 0. The first-order chi connectivity index (χ1) is 13.1. The van der Waals surface area contributed by atoms with Gasteiger partial charge in [0.1, 0.15) is 18.1 Å². The van der Waals surface area contributed by atoms with E-state index in [4.69, 9.17) is 0 Å². The second kappa shape index (κ2) is 8.57. The van der Waals surface area contributed by atoms with Crippen LogP contribution in [0.1, 0.15) is 46.5 Å². The number of carbonyl (C=O) groups is 5. The highest BCUT2D eigenvalue weighted by Gasteiger charge is 2.55. The van der Waals surface area contributed by atoms with Gasteiger partial charge in [-0.1, -0.05) is 19.8 Å². The molecule has 0 radical (unpaired) electrons. The molecule has 1 saturated heterocycles. The average Bonchev–Trinajstić information content (AvgIpc) is 2.85. The summed E-state index contributed by atoms with van der Waals surface area (Å²) in [6.45, 7) is 4.05. The van der Waals surface area contributed by atoms with Gasteiger partial charge in [-0.3, -0.25) is 19.3 Å². The van der Waals surface area contributed by atoms with Gasteiger partial charge in [0.15, 0.2) is 0 Å². The monoisotopic (exact) mass is 396 g/mol. The van der Waals surface area contributed by atoms with Crippen molar-refractivity contribution in [2.45, 2.75) is 58.0 Å². The summed E-state index contributed by atoms with van der Waals surface area (Å²) in [5, 5.41) is 14.5. The van der Waals surface area contributed by atoms with Gasteiger partial charge < -0.3 is 20.6 Å². The van der Waals surface area contributed by atoms with Crippen LogP contribution in [0.4, 0.5) is 4.79 Å². The lowest BCUT2D eigenvalue weighted by Crippen LogP contribution is -2.54. The Bertz CT molecular complexity index is 681. The molecule has 28 heavy (non-hydrogen) atoms. The molecule has 1 aliphatic carbocycles. The van der Waals surface area contributed by atoms with Gasteiger partial charge in [0, 0.05) is 20.0 Å². The lowest BCUT2D eigenvalue weighted by atomic mass is 9.73. The summed E-state index contributed by atoms with van der Waals surface area (Å²) in [4.78, 5) is 62.4. The molecule has 2 aliphatic rings. The van der Waals surface area contributed by atoms with Crippen molar-refractivity contribution in [1.29, 1.82) is 0 Å². The molecular formula is C18H28N4O6. The van der Waals surface area contributed by atoms with Crippen molar-refractivity contribution in [2.75, 3.05) is 19.6 Å². The fourth-order valence-corrected chi connectivity index (χ4v) is 3.89. The van der Waals surface area contributed by atoms with Crippen LogP contribution in [-0.2, 0) is 19.2 Å². The minimum Gasteiger partial charge on any atom is -0.480 e. The zero-order valence-corrected chi connectivity index (χ0v) is 16.5. The lowest BCUT2D eigenvalue weighted by Gasteiger charge is -2.37. The Balaban J connectivity index is 2.13. The number of hydrogen-bond acceptors (Lipinski definition) is 5. The molecule has 1 spiro atoms. The molecule has 5 amide bonds. The molecule has 156 valence electrons. The van der Waals surface area contributed by atoms with Crippen molar-refractivity contribution in [3.63, 3.8) is 0 Å². The summed E-state index contributed by atoms with van der Waals surface area (Å²) < 4.78 is 0. The van der Waals surface area contributed by atoms with E-state index in [0.717, 1.165) is 29.1 Å². The topological polar surface area (TPSA) is 136 Å². The van der Waals surface area contributed by atoms with E-state index in [-0.39, 0.29) is 24.9 Å². The Morgan fingerprint density at radius 2 is 2.04 bits per heavy atom. The van der Waals surface area contributed by atoms with E-state index in [1.165, 1.54) is 13.8 Å². The number of urea groups is 1. The first kappa shape index (κ1) is 21.6. The Labute approximate surface area is 163 Å². The third-order valence-electron chi connectivity index (χ3n) is 5.67. The summed E-state index contributed by atoms with van der Waals surface area (Å²) in [5.74, 6) is -2.65. The number of hydrogen-bond donors (Lipinski definition) is 3. The van der Waals surface area contributed by atoms with Crippen LogP contribution in [0.5, 0.6) is 0 Å². The third kappa shape index (κ3) is 4.26. The molecule has 1 saturated carbocycles. The van der Waals surface area contributed by atoms with Crippen LogP contribution in [0, 0.1) is 5.92 Å². The highest BCUT2D eigenvalue weighted by Crippen LogP contribution is 2.38. The number of imide groups is 1. The SMILES string of the molecule is CC(=O)NCCN(C(=O)CN1C(=O)NC2(CCCCC2C)C1=O)C(C)C(=O)O. The van der Waals surface area contributed by atoms with Gasteiger partial charge in [-0.15, -0.1) is 0 Å². The van der Waals surface area contributed by atoms with Gasteiger partial charge in [-0.25, -0.2) is 9.59 Å². The minimum atomic E-state index is -1.22. The van der Waals surface area contributed by atoms with E-state index in [1.807, 2.05) is 6.92 Å². The molecule has 3 unspecified atom stereocenters. The molecule has 1 aliphatic heterocycles. The maximum atomic E-state index is 13.0. The number of aliphatic carboxylic acids is 1. The van der Waals surface area contributed by atoms with Gasteiger partial charge in [-0.2, -0.15) is 0 Å². The molecule has 2 fully saturated rings. The van der Waals surface area contributed by atoms with Gasteiger partial charge in [0.25, 0.3) is 5.91 Å². The number of rotatable bonds is 7. The summed E-state index contributed by atoms with van der Waals surface area (Å²) in [5.41, 5.74) is -0.977. The van der Waals surface area contributed by atoms with E-state index in [2.05, 4.69) is 10.6 Å². The van der Waals surface area contributed by atoms with Crippen molar-refractivity contribution in [3.05, 3.63) is 0 Å². The molecule has 10 nitrogen and oxygen atoms in total. The zero-order valence-electron chi connectivity index (χ0n) is 16.5. The second-order valence-electron chi connectivity index (χ2n) is 7.52. The standard InChI is InChI=1S/C18H28N4O6/c1-11-6-4-5-7-18(11)16(27)22(17(28)20-18)10-14(24)21(12(2)15(25)26)9-8-19-13(3)23/h11-12H,4-10H2,1-3H3,(H,19,23)(H,20,28)(H,25,26). The van der Waals surface area contributed by atoms with Crippen LogP contribution in [-0.4, -0.2) is 75.8 Å². The highest BCUT2D eigenvalue weighted by molar-refractivity contribution is 6.09. The summed E-state index contributed by atoms with van der Waals surface area (Å²) >= 11 is 0. The Kier molecular flexibility index (Phi) is 6.63. The molecule has 0 aromatic rings. The number of carbonyl (C=O) groups excluding carboxylic acids is 4. The van der Waals surface area contributed by atoms with Crippen LogP contribution in [0.3, 0.4) is 0 Å². The van der Waals surface area contributed by atoms with E-state index < -0.39 is 41.9 Å². The fraction of sp³-hybridized carbons (Fsp3) is 0.722. The smallest absolute Gasteiger partial charge is 0.326 e. The summed E-state index contributed by atoms with van der Waals surface area (Å²) in [6, 6.07) is -1.79. The number of nitrogens with zero attached hydrogens (tertiary/aromatic N) is 2. The molecular weight excluding hydrogens is 368 g/mol. The van der Waals surface area contributed by atoms with Crippen LogP contribution in [0.25, 0.3) is 0 Å². The van der Waals surface area contributed by atoms with Gasteiger partial charge in [0.05, 0.1) is 0 Å². The Morgan fingerprint density at radius 1 is 1.36 bits per heavy atom. The van der Waals surface area contributed by atoms with E-state index in [9.17, 15) is 29.1 Å². The molecule has 0 aromatic heterocycles. The maximum Gasteiger partial charge on any atom is 0.326 e. The number of carboxylic acids is 1. The predicted molar refractivity (Wildman–Crippen MR) is 98.1 cm³/mol. The van der Waals surface area contributed by atoms with Crippen molar-refractivity contribution in [2.24, 2.45) is 5.92 Å². The fourth-order valence-electron chi connectivity index (χ4n) is 3.89. The minimum absolute atomic E-state index is 0.0355. The maximum absolute atomic E-state index is 13.0. The van der Waals surface area contributed by atoms with E-state index in [1.54, 1.807) is 0 Å². The van der Waals surface area contributed by atoms with Crippen LogP contribution < -0.4 is 10.6 Å². The average molecular weight is 396 g/mol. The summed E-state index contributed by atoms with van der Waals surface area (Å²) in [6.07, 6.45) is 3.14. The third-order valence-corrected chi connectivity index (χ3v) is 5.67. The van der Waals surface area contributed by atoms with Crippen molar-refractivity contribution >= 4 is 29.7 Å². The van der Waals surface area contributed by atoms with Crippen LogP contribution >= 0.6 is 0 Å². The molecule has 3 N–H and O–H groups in total. The highest BCUT2D eigenvalue weighted by atomic mass is 16.4. The van der Waals surface area contributed by atoms with Crippen molar-refractivity contribution < 1.29 is 29.1 Å². The lowest BCUT2D eigenvalue weighted by molar-refractivity contribution is -0.150. The van der Waals surface area contributed by atoms with Crippen LogP contribution in [0.15, 0.2) is 0 Å². The van der Waals surface area contributed by atoms with Crippen LogP contribution in [0.2, 0.25) is 0 Å². The number of amides is 5.